The van der Waals surface area contributed by atoms with Gasteiger partial charge in [-0.1, -0.05) is 22.9 Å². The zero-order chi connectivity index (χ0) is 6.41. The molecule has 0 aliphatic carbocycles. The van der Waals surface area contributed by atoms with E-state index in [-0.39, 0.29) is 5.91 Å². The quantitative estimate of drug-likeness (QED) is 0.642. The number of amides is 1. The van der Waals surface area contributed by atoms with E-state index in [4.69, 9.17) is 0 Å². The Morgan fingerprint density at radius 1 is 1.75 bits per heavy atom. The average Bonchev–Trinajstić information content (AvgIpc) is 1.83. The van der Waals surface area contributed by atoms with E-state index < -0.39 is 0 Å². The molecule has 0 aliphatic rings. The van der Waals surface area contributed by atoms with Crippen LogP contribution in [-0.2, 0) is 4.79 Å². The van der Waals surface area contributed by atoms with Crippen molar-refractivity contribution in [3.8, 4) is 0 Å². The second kappa shape index (κ2) is 5.09. The van der Waals surface area contributed by atoms with Crippen LogP contribution in [0.5, 0.6) is 0 Å². The smallest absolute Gasteiger partial charge is 0.219 e. The molecule has 0 heterocycles. The number of halogens is 1. The number of rotatable bonds is 3. The van der Waals surface area contributed by atoms with E-state index in [2.05, 4.69) is 21.2 Å². The van der Waals surface area contributed by atoms with Crippen molar-refractivity contribution < 1.29 is 4.79 Å². The molecule has 0 radical (unpaired) electrons. The molecule has 0 unspecified atom stereocenters. The molecule has 0 aliphatic heterocycles. The Kier molecular flexibility index (Phi) is 5.06. The van der Waals surface area contributed by atoms with Crippen LogP contribution in [0, 0.1) is 0 Å². The van der Waals surface area contributed by atoms with Gasteiger partial charge in [0.2, 0.25) is 5.91 Å². The van der Waals surface area contributed by atoms with E-state index in [1.165, 1.54) is 0 Å². The molecule has 0 rings (SSSR count). The molecule has 0 aromatic rings. The first-order valence-corrected chi connectivity index (χ1v) is 3.76. The van der Waals surface area contributed by atoms with Crippen LogP contribution in [0.25, 0.3) is 0 Å². The zero-order valence-corrected chi connectivity index (χ0v) is 6.49. The molecule has 1 N–H and O–H groups in total. The molecule has 0 spiro atoms. The third kappa shape index (κ3) is 4.12. The van der Waals surface area contributed by atoms with E-state index >= 15 is 0 Å². The maximum atomic E-state index is 10.4. The van der Waals surface area contributed by atoms with Gasteiger partial charge in [0.05, 0.1) is 0 Å². The lowest BCUT2D eigenvalue weighted by Crippen LogP contribution is -2.23. The summed E-state index contributed by atoms with van der Waals surface area (Å²) in [6.07, 6.45) is 0.576. The predicted octanol–water partition coefficient (Wildman–Crippen LogP) is 0.907. The van der Waals surface area contributed by atoms with Gasteiger partial charge >= 0.3 is 0 Å². The number of alkyl halides is 1. The minimum absolute atomic E-state index is 0.115. The Labute approximate surface area is 57.8 Å². The van der Waals surface area contributed by atoms with Crippen molar-refractivity contribution in [1.29, 1.82) is 0 Å². The SMILES string of the molecule is CCC(=O)NCCBr. The van der Waals surface area contributed by atoms with E-state index in [1.54, 1.807) is 0 Å². The minimum atomic E-state index is 0.115. The molecule has 0 fully saturated rings. The lowest BCUT2D eigenvalue weighted by atomic mass is 10.4. The largest absolute Gasteiger partial charge is 0.355 e. The van der Waals surface area contributed by atoms with Crippen LogP contribution >= 0.6 is 15.9 Å². The summed E-state index contributed by atoms with van der Waals surface area (Å²) in [5, 5.41) is 3.53. The summed E-state index contributed by atoms with van der Waals surface area (Å²) in [5.41, 5.74) is 0. The van der Waals surface area contributed by atoms with Gasteiger partial charge in [0, 0.05) is 18.3 Å². The molecule has 2 nitrogen and oxygen atoms in total. The van der Waals surface area contributed by atoms with Gasteiger partial charge in [-0.25, -0.2) is 0 Å². The molecule has 1 amide bonds. The van der Waals surface area contributed by atoms with Crippen molar-refractivity contribution >= 4 is 21.8 Å². The third-order valence-corrected chi connectivity index (χ3v) is 1.13. The fraction of sp³-hybridized carbons (Fsp3) is 0.800. The lowest BCUT2D eigenvalue weighted by molar-refractivity contribution is -0.120. The number of hydrogen-bond acceptors (Lipinski definition) is 1. The monoisotopic (exact) mass is 179 g/mol. The molecular formula is C5H10BrNO. The Balaban J connectivity index is 2.99. The number of carbonyl (C=O) groups is 1. The van der Waals surface area contributed by atoms with Crippen LogP contribution in [0.3, 0.4) is 0 Å². The highest BCUT2D eigenvalue weighted by atomic mass is 79.9. The van der Waals surface area contributed by atoms with Gasteiger partial charge in [-0.15, -0.1) is 0 Å². The Morgan fingerprint density at radius 2 is 2.38 bits per heavy atom. The molecule has 0 aromatic carbocycles. The van der Waals surface area contributed by atoms with Gasteiger partial charge in [-0.2, -0.15) is 0 Å². The lowest BCUT2D eigenvalue weighted by Gasteiger charge is -1.96. The summed E-state index contributed by atoms with van der Waals surface area (Å²) in [6.45, 7) is 2.57. The Hall–Kier alpha value is -0.0500. The number of carbonyl (C=O) groups excluding carboxylic acids is 1. The number of hydrogen-bond donors (Lipinski definition) is 1. The van der Waals surface area contributed by atoms with E-state index in [0.29, 0.717) is 6.42 Å². The number of nitrogens with one attached hydrogen (secondary N) is 1. The highest BCUT2D eigenvalue weighted by molar-refractivity contribution is 9.09. The van der Waals surface area contributed by atoms with Gasteiger partial charge in [-0.3, -0.25) is 4.79 Å². The second-order valence-corrected chi connectivity index (χ2v) is 2.19. The standard InChI is InChI=1S/C5H10BrNO/c1-2-5(8)7-4-3-6/h2-4H2,1H3,(H,7,8). The molecule has 48 valence electrons. The van der Waals surface area contributed by atoms with Crippen LogP contribution in [0.15, 0.2) is 0 Å². The van der Waals surface area contributed by atoms with Gasteiger partial charge in [-0.05, 0) is 0 Å². The zero-order valence-electron chi connectivity index (χ0n) is 4.91. The Morgan fingerprint density at radius 3 is 2.75 bits per heavy atom. The van der Waals surface area contributed by atoms with Crippen LogP contribution in [-0.4, -0.2) is 17.8 Å². The van der Waals surface area contributed by atoms with Gasteiger partial charge < -0.3 is 5.32 Å². The predicted molar refractivity (Wildman–Crippen MR) is 37.1 cm³/mol. The fourth-order valence-corrected chi connectivity index (χ4v) is 0.510. The summed E-state index contributed by atoms with van der Waals surface area (Å²) < 4.78 is 0. The first kappa shape index (κ1) is 7.95. The van der Waals surface area contributed by atoms with Crippen molar-refractivity contribution in [3.63, 3.8) is 0 Å². The average molecular weight is 180 g/mol. The molecule has 0 atom stereocenters. The summed E-state index contributed by atoms with van der Waals surface area (Å²) in [5.74, 6) is 0.115. The molecule has 0 saturated heterocycles. The van der Waals surface area contributed by atoms with Crippen LogP contribution < -0.4 is 5.32 Å². The van der Waals surface area contributed by atoms with Crippen LogP contribution in [0.4, 0.5) is 0 Å². The van der Waals surface area contributed by atoms with Crippen molar-refractivity contribution in [2.45, 2.75) is 13.3 Å². The van der Waals surface area contributed by atoms with E-state index in [9.17, 15) is 4.79 Å². The van der Waals surface area contributed by atoms with Crippen molar-refractivity contribution in [3.05, 3.63) is 0 Å². The molecule has 8 heavy (non-hydrogen) atoms. The van der Waals surface area contributed by atoms with Crippen molar-refractivity contribution in [2.75, 3.05) is 11.9 Å². The van der Waals surface area contributed by atoms with Crippen LogP contribution in [0.1, 0.15) is 13.3 Å². The van der Waals surface area contributed by atoms with Gasteiger partial charge in [0.25, 0.3) is 0 Å². The molecule has 0 bridgehead atoms. The first-order valence-electron chi connectivity index (χ1n) is 2.64. The molecule has 0 saturated carbocycles. The molecule has 3 heteroatoms. The third-order valence-electron chi connectivity index (χ3n) is 0.738. The Bertz CT molecular complexity index is 74.8. The fourth-order valence-electron chi connectivity index (χ4n) is 0.312. The topological polar surface area (TPSA) is 29.1 Å². The maximum Gasteiger partial charge on any atom is 0.219 e. The highest BCUT2D eigenvalue weighted by Crippen LogP contribution is 1.77. The minimum Gasteiger partial charge on any atom is -0.355 e. The van der Waals surface area contributed by atoms with E-state index in [0.717, 1.165) is 11.9 Å². The second-order valence-electron chi connectivity index (χ2n) is 1.39. The van der Waals surface area contributed by atoms with Gasteiger partial charge in [0.15, 0.2) is 0 Å². The van der Waals surface area contributed by atoms with Crippen molar-refractivity contribution in [2.24, 2.45) is 0 Å². The van der Waals surface area contributed by atoms with Gasteiger partial charge in [0.1, 0.15) is 0 Å². The van der Waals surface area contributed by atoms with Crippen molar-refractivity contribution in [1.82, 2.24) is 5.32 Å². The van der Waals surface area contributed by atoms with Crippen LogP contribution in [0.2, 0.25) is 0 Å². The van der Waals surface area contributed by atoms with E-state index in [1.807, 2.05) is 6.92 Å². The summed E-state index contributed by atoms with van der Waals surface area (Å²) in [6, 6.07) is 0. The molecular weight excluding hydrogens is 170 g/mol. The first-order chi connectivity index (χ1) is 3.81. The normalized spacial score (nSPS) is 8.75. The molecule has 0 aromatic heterocycles. The summed E-state index contributed by atoms with van der Waals surface area (Å²) in [7, 11) is 0. The summed E-state index contributed by atoms with van der Waals surface area (Å²) in [4.78, 5) is 10.4. The highest BCUT2D eigenvalue weighted by Gasteiger charge is 1.91. The summed E-state index contributed by atoms with van der Waals surface area (Å²) >= 11 is 3.19. The maximum absolute atomic E-state index is 10.4.